The third-order valence-electron chi connectivity index (χ3n) is 7.83. The molecule has 1 aliphatic carbocycles. The second kappa shape index (κ2) is 11.0. The highest BCUT2D eigenvalue weighted by Crippen LogP contribution is 2.38. The molecule has 0 spiro atoms. The van der Waals surface area contributed by atoms with E-state index in [2.05, 4.69) is 22.3 Å². The zero-order chi connectivity index (χ0) is 27.7. The fraction of sp³-hybridized carbons (Fsp3) is 0.400. The lowest BCUT2D eigenvalue weighted by molar-refractivity contribution is 0.0827. The minimum Gasteiger partial charge on any atom is -0.345 e. The van der Waals surface area contributed by atoms with Gasteiger partial charge in [0.15, 0.2) is 5.82 Å². The van der Waals surface area contributed by atoms with Crippen LogP contribution in [0.5, 0.6) is 0 Å². The van der Waals surface area contributed by atoms with Crippen molar-refractivity contribution in [1.82, 2.24) is 30.0 Å². The molecule has 9 heteroatoms. The van der Waals surface area contributed by atoms with Crippen LogP contribution in [-0.4, -0.2) is 50.6 Å². The molecule has 0 aliphatic heterocycles. The fourth-order valence-corrected chi connectivity index (χ4v) is 5.58. The molecule has 1 atom stereocenters. The largest absolute Gasteiger partial charge is 0.345 e. The molecule has 2 aromatic heterocycles. The predicted molar refractivity (Wildman–Crippen MR) is 149 cm³/mol. The topological polar surface area (TPSA) is 95.9 Å². The van der Waals surface area contributed by atoms with Gasteiger partial charge in [-0.2, -0.15) is 5.10 Å². The van der Waals surface area contributed by atoms with Crippen LogP contribution in [0.25, 0.3) is 22.2 Å². The van der Waals surface area contributed by atoms with Crippen LogP contribution >= 0.6 is 0 Å². The van der Waals surface area contributed by atoms with E-state index in [1.165, 1.54) is 4.90 Å². The zero-order valence-corrected chi connectivity index (χ0v) is 22.9. The van der Waals surface area contributed by atoms with Crippen molar-refractivity contribution < 1.29 is 14.0 Å². The monoisotopic (exact) mass is 530 g/mol. The number of H-pyrrole nitrogens is 1. The summed E-state index contributed by atoms with van der Waals surface area (Å²) in [4.78, 5) is 35.6. The van der Waals surface area contributed by atoms with Crippen LogP contribution in [0.3, 0.4) is 0 Å². The molecule has 0 unspecified atom stereocenters. The minimum absolute atomic E-state index is 0.171. The summed E-state index contributed by atoms with van der Waals surface area (Å²) in [6.45, 7) is 4.77. The van der Waals surface area contributed by atoms with Gasteiger partial charge in [-0.15, -0.1) is 0 Å². The molecule has 4 aromatic rings. The van der Waals surface area contributed by atoms with E-state index in [0.29, 0.717) is 46.2 Å². The molecule has 0 bridgehead atoms. The number of aryl methyl sites for hydroxylation is 1. The Labute approximate surface area is 227 Å². The summed E-state index contributed by atoms with van der Waals surface area (Å²) in [7, 11) is 3.35. The lowest BCUT2D eigenvalue weighted by atomic mass is 9.79. The van der Waals surface area contributed by atoms with Crippen LogP contribution in [0.15, 0.2) is 48.7 Å². The molecular formula is C30H35FN6O2. The number of fused-ring (bicyclic) bond motifs is 1. The molecule has 1 fully saturated rings. The Bertz CT molecular complexity index is 1500. The summed E-state index contributed by atoms with van der Waals surface area (Å²) < 4.78 is 17.7. The summed E-state index contributed by atoms with van der Waals surface area (Å²) in [5.74, 6) is 0.420. The maximum atomic E-state index is 16.0. The van der Waals surface area contributed by atoms with Crippen molar-refractivity contribution in [3.8, 4) is 11.1 Å². The Morgan fingerprint density at radius 1 is 1.10 bits per heavy atom. The number of nitrogens with zero attached hydrogens (tertiary/aromatic N) is 4. The highest BCUT2D eigenvalue weighted by atomic mass is 19.1. The van der Waals surface area contributed by atoms with E-state index in [-0.39, 0.29) is 23.2 Å². The Balaban J connectivity index is 1.54. The van der Waals surface area contributed by atoms with Gasteiger partial charge in [-0.05, 0) is 61.4 Å². The van der Waals surface area contributed by atoms with Crippen LogP contribution in [0.1, 0.15) is 72.2 Å². The maximum absolute atomic E-state index is 16.0. The predicted octanol–water partition coefficient (Wildman–Crippen LogP) is 5.58. The molecule has 2 aromatic carbocycles. The molecule has 39 heavy (non-hydrogen) atoms. The second-order valence-electron chi connectivity index (χ2n) is 10.7. The number of nitrogens with one attached hydrogen (secondary N) is 2. The number of carbonyl (C=O) groups is 2. The van der Waals surface area contributed by atoms with Crippen molar-refractivity contribution >= 4 is 22.8 Å². The van der Waals surface area contributed by atoms with Crippen LogP contribution in [0, 0.1) is 17.7 Å². The number of hydrogen-bond acceptors (Lipinski definition) is 4. The van der Waals surface area contributed by atoms with Gasteiger partial charge in [0.2, 0.25) is 0 Å². The quantitative estimate of drug-likeness (QED) is 0.326. The van der Waals surface area contributed by atoms with Gasteiger partial charge in [-0.1, -0.05) is 38.0 Å². The molecule has 2 N–H and O–H groups in total. The SMILES string of the molecule is CCn1nccc1C(=O)N[C@H](c1nc2c(F)c(-c3ccccc3C(=O)N(C)C)ccc2[nH]1)C1CCC(C)CC1. The van der Waals surface area contributed by atoms with Crippen molar-refractivity contribution in [2.75, 3.05) is 14.1 Å². The average Bonchev–Trinajstić information content (AvgIpc) is 3.60. The number of hydrogen-bond donors (Lipinski definition) is 2. The Morgan fingerprint density at radius 2 is 1.85 bits per heavy atom. The number of aromatic amines is 1. The highest BCUT2D eigenvalue weighted by Gasteiger charge is 2.32. The number of benzene rings is 2. The summed E-state index contributed by atoms with van der Waals surface area (Å²) in [6, 6.07) is 11.8. The number of carbonyl (C=O) groups excluding carboxylic acids is 2. The lowest BCUT2D eigenvalue weighted by Crippen LogP contribution is -2.36. The number of imidazole rings is 1. The molecular weight excluding hydrogens is 495 g/mol. The van der Waals surface area contributed by atoms with Crippen molar-refractivity contribution in [3.05, 3.63) is 71.6 Å². The van der Waals surface area contributed by atoms with Gasteiger partial charge in [0.25, 0.3) is 11.8 Å². The lowest BCUT2D eigenvalue weighted by Gasteiger charge is -2.32. The van der Waals surface area contributed by atoms with E-state index in [0.717, 1.165) is 25.7 Å². The number of rotatable bonds is 7. The molecule has 5 rings (SSSR count). The van der Waals surface area contributed by atoms with Gasteiger partial charge in [-0.3, -0.25) is 14.3 Å². The van der Waals surface area contributed by atoms with Crippen LogP contribution in [0.2, 0.25) is 0 Å². The number of halogens is 1. The van der Waals surface area contributed by atoms with E-state index >= 15 is 4.39 Å². The van der Waals surface area contributed by atoms with Crippen LogP contribution in [0.4, 0.5) is 4.39 Å². The van der Waals surface area contributed by atoms with Gasteiger partial charge < -0.3 is 15.2 Å². The van der Waals surface area contributed by atoms with E-state index in [9.17, 15) is 9.59 Å². The van der Waals surface area contributed by atoms with E-state index < -0.39 is 11.9 Å². The summed E-state index contributed by atoms with van der Waals surface area (Å²) in [5.41, 5.74) is 2.47. The first-order valence-corrected chi connectivity index (χ1v) is 13.6. The summed E-state index contributed by atoms with van der Waals surface area (Å²) >= 11 is 0. The highest BCUT2D eigenvalue weighted by molar-refractivity contribution is 6.01. The molecule has 0 radical (unpaired) electrons. The molecule has 1 saturated carbocycles. The second-order valence-corrected chi connectivity index (χ2v) is 10.7. The molecule has 2 amide bonds. The Kier molecular flexibility index (Phi) is 7.50. The minimum atomic E-state index is -0.500. The van der Waals surface area contributed by atoms with Crippen molar-refractivity contribution in [3.63, 3.8) is 0 Å². The molecule has 204 valence electrons. The van der Waals surface area contributed by atoms with E-state index in [1.54, 1.807) is 67.4 Å². The molecule has 1 aliphatic rings. The molecule has 8 nitrogen and oxygen atoms in total. The fourth-order valence-electron chi connectivity index (χ4n) is 5.58. The average molecular weight is 531 g/mol. The molecule has 0 saturated heterocycles. The zero-order valence-electron chi connectivity index (χ0n) is 22.9. The number of amides is 2. The van der Waals surface area contributed by atoms with Crippen molar-refractivity contribution in [2.45, 2.75) is 52.1 Å². The summed E-state index contributed by atoms with van der Waals surface area (Å²) in [6.07, 6.45) is 5.65. The van der Waals surface area contributed by atoms with Gasteiger partial charge in [0.05, 0.1) is 11.6 Å². The smallest absolute Gasteiger partial charge is 0.270 e. The maximum Gasteiger partial charge on any atom is 0.270 e. The van der Waals surface area contributed by atoms with Gasteiger partial charge in [0, 0.05) is 38.0 Å². The first-order valence-electron chi connectivity index (χ1n) is 13.6. The standard InChI is InChI=1S/C30H35FN6O2/c1-5-37-24(16-17-32-37)29(38)35-26(19-12-10-18(2)11-13-19)28-33-23-15-14-21(25(31)27(23)34-28)20-8-6-7-9-22(20)30(39)36(3)4/h6-9,14-19,26H,5,10-13H2,1-4H3,(H,33,34)(H,35,38)/t18?,19?,26-/m0/s1. The van der Waals surface area contributed by atoms with E-state index in [1.807, 2.05) is 6.92 Å². The van der Waals surface area contributed by atoms with Gasteiger partial charge in [0.1, 0.15) is 17.0 Å². The van der Waals surface area contributed by atoms with Crippen molar-refractivity contribution in [1.29, 1.82) is 0 Å². The van der Waals surface area contributed by atoms with Crippen LogP contribution in [-0.2, 0) is 6.54 Å². The summed E-state index contributed by atoms with van der Waals surface area (Å²) in [5, 5.41) is 7.42. The molecule has 2 heterocycles. The Morgan fingerprint density at radius 3 is 2.56 bits per heavy atom. The third kappa shape index (κ3) is 5.17. The first-order chi connectivity index (χ1) is 18.8. The third-order valence-corrected chi connectivity index (χ3v) is 7.83. The first kappa shape index (κ1) is 26.6. The van der Waals surface area contributed by atoms with Crippen LogP contribution < -0.4 is 5.32 Å². The van der Waals surface area contributed by atoms with Gasteiger partial charge in [-0.25, -0.2) is 9.37 Å². The van der Waals surface area contributed by atoms with Crippen molar-refractivity contribution in [2.24, 2.45) is 11.8 Å². The number of aromatic nitrogens is 4. The Hall–Kier alpha value is -4.01. The van der Waals surface area contributed by atoms with Gasteiger partial charge >= 0.3 is 0 Å². The van der Waals surface area contributed by atoms with E-state index in [4.69, 9.17) is 4.98 Å². The normalized spacial score (nSPS) is 18.2.